The van der Waals surface area contributed by atoms with Gasteiger partial charge in [-0.3, -0.25) is 4.79 Å². The molecule has 0 aliphatic carbocycles. The first kappa shape index (κ1) is 18.2. The van der Waals surface area contributed by atoms with E-state index in [4.69, 9.17) is 16.1 Å². The molecule has 1 atom stereocenters. The fraction of sp³-hybridized carbons (Fsp3) is 0.318. The topological polar surface area (TPSA) is 62.5 Å². The van der Waals surface area contributed by atoms with Gasteiger partial charge in [0.15, 0.2) is 0 Å². The number of hydrogen-bond donors (Lipinski definition) is 0. The number of halogens is 1. The Bertz CT molecular complexity index is 1030. The van der Waals surface area contributed by atoms with Crippen LogP contribution in [0.25, 0.3) is 11.4 Å². The van der Waals surface area contributed by atoms with Crippen LogP contribution in [0.2, 0.25) is 5.02 Å². The van der Waals surface area contributed by atoms with Crippen molar-refractivity contribution in [2.75, 3.05) is 29.4 Å². The summed E-state index contributed by atoms with van der Waals surface area (Å²) in [6, 6.07) is 15.6. The highest BCUT2D eigenvalue weighted by Gasteiger charge is 2.35. The van der Waals surface area contributed by atoms with Gasteiger partial charge >= 0.3 is 0 Å². The summed E-state index contributed by atoms with van der Waals surface area (Å²) >= 11 is 6.07. The fourth-order valence-corrected chi connectivity index (χ4v) is 4.27. The predicted octanol–water partition coefficient (Wildman–Crippen LogP) is 4.51. The van der Waals surface area contributed by atoms with E-state index in [2.05, 4.69) is 27.2 Å². The Balaban J connectivity index is 1.32. The van der Waals surface area contributed by atoms with Crippen molar-refractivity contribution in [3.05, 3.63) is 59.4 Å². The Morgan fingerprint density at radius 3 is 2.59 bits per heavy atom. The number of benzene rings is 2. The summed E-state index contributed by atoms with van der Waals surface area (Å²) in [6.45, 7) is 2.74. The maximum atomic E-state index is 12.5. The number of rotatable bonds is 4. The molecule has 29 heavy (non-hydrogen) atoms. The van der Waals surface area contributed by atoms with E-state index in [0.717, 1.165) is 24.3 Å². The van der Waals surface area contributed by atoms with Crippen molar-refractivity contribution >= 4 is 28.9 Å². The van der Waals surface area contributed by atoms with Gasteiger partial charge in [0.2, 0.25) is 17.6 Å². The molecule has 2 saturated heterocycles. The lowest BCUT2D eigenvalue weighted by Crippen LogP contribution is -2.24. The van der Waals surface area contributed by atoms with Crippen molar-refractivity contribution in [1.29, 1.82) is 0 Å². The average molecular weight is 409 g/mol. The highest BCUT2D eigenvalue weighted by Crippen LogP contribution is 2.33. The van der Waals surface area contributed by atoms with Crippen molar-refractivity contribution in [2.45, 2.75) is 25.2 Å². The third-order valence-electron chi connectivity index (χ3n) is 5.63. The molecule has 6 nitrogen and oxygen atoms in total. The number of carbonyl (C=O) groups excluding carboxylic acids is 1. The summed E-state index contributed by atoms with van der Waals surface area (Å²) in [4.78, 5) is 21.2. The number of nitrogens with zero attached hydrogens (tertiary/aromatic N) is 4. The van der Waals surface area contributed by atoms with Crippen LogP contribution >= 0.6 is 11.6 Å². The van der Waals surface area contributed by atoms with Gasteiger partial charge in [-0.2, -0.15) is 4.98 Å². The van der Waals surface area contributed by atoms with Crippen molar-refractivity contribution in [3.63, 3.8) is 0 Å². The predicted molar refractivity (Wildman–Crippen MR) is 112 cm³/mol. The molecule has 2 fully saturated rings. The molecule has 0 N–H and O–H groups in total. The van der Waals surface area contributed by atoms with Crippen LogP contribution < -0.4 is 9.80 Å². The van der Waals surface area contributed by atoms with Crippen molar-refractivity contribution in [1.82, 2.24) is 10.1 Å². The Hall–Kier alpha value is -2.86. The van der Waals surface area contributed by atoms with Gasteiger partial charge < -0.3 is 14.3 Å². The van der Waals surface area contributed by atoms with Crippen LogP contribution in [-0.4, -0.2) is 35.7 Å². The second-order valence-electron chi connectivity index (χ2n) is 7.58. The highest BCUT2D eigenvalue weighted by molar-refractivity contribution is 6.30. The smallest absolute Gasteiger partial charge is 0.232 e. The van der Waals surface area contributed by atoms with Crippen LogP contribution in [-0.2, 0) is 4.79 Å². The molecular weight excluding hydrogens is 388 g/mol. The molecule has 2 aliphatic heterocycles. The fourth-order valence-electron chi connectivity index (χ4n) is 4.08. The summed E-state index contributed by atoms with van der Waals surface area (Å²) in [5, 5.41) is 4.75. The maximum Gasteiger partial charge on any atom is 0.232 e. The van der Waals surface area contributed by atoms with E-state index in [1.54, 1.807) is 17.0 Å². The van der Waals surface area contributed by atoms with E-state index in [-0.39, 0.29) is 11.8 Å². The molecule has 2 aromatic carbocycles. The third-order valence-corrected chi connectivity index (χ3v) is 5.87. The average Bonchev–Trinajstić information content (AvgIpc) is 3.49. The van der Waals surface area contributed by atoms with E-state index < -0.39 is 0 Å². The largest absolute Gasteiger partial charge is 0.372 e. The molecule has 0 spiro atoms. The number of carbonyl (C=O) groups is 1. The summed E-state index contributed by atoms with van der Waals surface area (Å²) in [6.07, 6.45) is 2.85. The second kappa shape index (κ2) is 7.52. The summed E-state index contributed by atoms with van der Waals surface area (Å²) in [5.41, 5.74) is 2.94. The van der Waals surface area contributed by atoms with Gasteiger partial charge in [-0.15, -0.1) is 0 Å². The lowest BCUT2D eigenvalue weighted by atomic mass is 10.1. The zero-order chi connectivity index (χ0) is 19.8. The van der Waals surface area contributed by atoms with Crippen molar-refractivity contribution in [3.8, 4) is 11.4 Å². The molecule has 0 bridgehead atoms. The minimum Gasteiger partial charge on any atom is -0.372 e. The monoisotopic (exact) mass is 408 g/mol. The van der Waals surface area contributed by atoms with Crippen molar-refractivity contribution < 1.29 is 9.32 Å². The Kier molecular flexibility index (Phi) is 4.72. The maximum absolute atomic E-state index is 12.5. The molecule has 3 heterocycles. The SMILES string of the molecule is O=C1C[C@@H](c2nc(-c3ccc(N4CCCC4)cc3)no2)CN1c1cccc(Cl)c1. The van der Waals surface area contributed by atoms with E-state index in [1.165, 1.54) is 18.5 Å². The molecule has 0 unspecified atom stereocenters. The quantitative estimate of drug-likeness (QED) is 0.635. The van der Waals surface area contributed by atoms with Crippen LogP contribution in [0.3, 0.4) is 0 Å². The van der Waals surface area contributed by atoms with E-state index in [0.29, 0.717) is 29.7 Å². The molecule has 1 amide bonds. The van der Waals surface area contributed by atoms with Crippen LogP contribution in [0, 0.1) is 0 Å². The normalized spacial score (nSPS) is 19.3. The first-order valence-corrected chi connectivity index (χ1v) is 10.3. The van der Waals surface area contributed by atoms with E-state index in [1.807, 2.05) is 24.3 Å². The molecule has 2 aliphatic rings. The molecule has 0 radical (unpaired) electrons. The molecule has 1 aromatic heterocycles. The van der Waals surface area contributed by atoms with Gasteiger partial charge in [-0.1, -0.05) is 22.8 Å². The van der Waals surface area contributed by atoms with Crippen LogP contribution in [0.15, 0.2) is 53.1 Å². The van der Waals surface area contributed by atoms with Crippen molar-refractivity contribution in [2.24, 2.45) is 0 Å². The molecule has 0 saturated carbocycles. The van der Waals surface area contributed by atoms with E-state index >= 15 is 0 Å². The van der Waals surface area contributed by atoms with Crippen LogP contribution in [0.4, 0.5) is 11.4 Å². The van der Waals surface area contributed by atoms with Gasteiger partial charge in [-0.05, 0) is 55.3 Å². The molecular formula is C22H21ClN4O2. The molecule has 148 valence electrons. The van der Waals surface area contributed by atoms with E-state index in [9.17, 15) is 4.79 Å². The lowest BCUT2D eigenvalue weighted by molar-refractivity contribution is -0.117. The first-order chi connectivity index (χ1) is 14.2. The first-order valence-electron chi connectivity index (χ1n) is 9.92. The minimum atomic E-state index is -0.119. The zero-order valence-corrected chi connectivity index (χ0v) is 16.7. The molecule has 5 rings (SSSR count). The van der Waals surface area contributed by atoms with Crippen LogP contribution in [0.1, 0.15) is 31.1 Å². The number of hydrogen-bond acceptors (Lipinski definition) is 5. The second-order valence-corrected chi connectivity index (χ2v) is 8.02. The third kappa shape index (κ3) is 3.60. The molecule has 3 aromatic rings. The lowest BCUT2D eigenvalue weighted by Gasteiger charge is -2.17. The summed E-state index contributed by atoms with van der Waals surface area (Å²) < 4.78 is 5.51. The Labute approximate surface area is 174 Å². The Morgan fingerprint density at radius 1 is 1.03 bits per heavy atom. The number of anilines is 2. The summed E-state index contributed by atoms with van der Waals surface area (Å²) in [7, 11) is 0. The summed E-state index contributed by atoms with van der Waals surface area (Å²) in [5.74, 6) is 0.974. The minimum absolute atomic E-state index is 0.0342. The van der Waals surface area contributed by atoms with Gasteiger partial charge in [0.25, 0.3) is 0 Å². The number of amides is 1. The van der Waals surface area contributed by atoms with Gasteiger partial charge in [-0.25, -0.2) is 0 Å². The zero-order valence-electron chi connectivity index (χ0n) is 15.9. The van der Waals surface area contributed by atoms with Gasteiger partial charge in [0.05, 0.1) is 5.92 Å². The molecule has 7 heteroatoms. The van der Waals surface area contributed by atoms with Crippen LogP contribution in [0.5, 0.6) is 0 Å². The number of aromatic nitrogens is 2. The van der Waals surface area contributed by atoms with Gasteiger partial charge in [0.1, 0.15) is 0 Å². The Morgan fingerprint density at radius 2 is 1.83 bits per heavy atom. The highest BCUT2D eigenvalue weighted by atomic mass is 35.5. The standard InChI is InChI=1S/C22H21ClN4O2/c23-17-4-3-5-19(13-17)27-14-16(12-20(27)28)22-24-21(25-29-22)15-6-8-18(9-7-15)26-10-1-2-11-26/h3-9,13,16H,1-2,10-12,14H2/t16-/m1/s1. The van der Waals surface area contributed by atoms with Gasteiger partial charge in [0, 0.05) is 48.0 Å².